The summed E-state index contributed by atoms with van der Waals surface area (Å²) >= 11 is 12.1. The van der Waals surface area contributed by atoms with Crippen LogP contribution in [0.2, 0.25) is 10.0 Å². The third-order valence-electron chi connectivity index (χ3n) is 3.66. The molecule has 26 heavy (non-hydrogen) atoms. The van der Waals surface area contributed by atoms with Gasteiger partial charge in [0.25, 0.3) is 0 Å². The van der Waals surface area contributed by atoms with E-state index in [2.05, 4.69) is 0 Å². The second kappa shape index (κ2) is 7.60. The van der Waals surface area contributed by atoms with Gasteiger partial charge in [0.05, 0.1) is 11.1 Å². The molecular weight excluding hydrogens is 375 g/mol. The average Bonchev–Trinajstić information content (AvgIpc) is 2.62. The van der Waals surface area contributed by atoms with Crippen LogP contribution in [0, 0.1) is 0 Å². The molecule has 0 aromatic heterocycles. The lowest BCUT2D eigenvalue weighted by Gasteiger charge is -2.13. The van der Waals surface area contributed by atoms with E-state index in [-0.39, 0.29) is 16.7 Å². The molecule has 0 aliphatic rings. The van der Waals surface area contributed by atoms with Crippen LogP contribution in [0.25, 0.3) is 11.1 Å². The Bertz CT molecular complexity index is 984. The minimum Gasteiger partial charge on any atom is -0.478 e. The summed E-state index contributed by atoms with van der Waals surface area (Å²) in [7, 11) is 0. The number of ether oxygens (including phenoxy) is 1. The van der Waals surface area contributed by atoms with Crippen LogP contribution in [-0.4, -0.2) is 17.0 Å². The number of aromatic carboxylic acids is 1. The number of carboxylic acid groups (broad SMARTS) is 1. The van der Waals surface area contributed by atoms with Gasteiger partial charge >= 0.3 is 11.9 Å². The summed E-state index contributed by atoms with van der Waals surface area (Å²) < 4.78 is 5.37. The first-order valence-electron chi connectivity index (χ1n) is 7.55. The number of carbonyl (C=O) groups excluding carboxylic acids is 1. The van der Waals surface area contributed by atoms with Crippen LogP contribution < -0.4 is 4.74 Å². The van der Waals surface area contributed by atoms with Crippen molar-refractivity contribution in [2.45, 2.75) is 0 Å². The molecule has 0 saturated heterocycles. The molecule has 0 aliphatic carbocycles. The fraction of sp³-hybridized carbons (Fsp3) is 0. The van der Waals surface area contributed by atoms with Gasteiger partial charge in [-0.25, -0.2) is 9.59 Å². The predicted molar refractivity (Wildman–Crippen MR) is 100 cm³/mol. The van der Waals surface area contributed by atoms with Gasteiger partial charge in [-0.15, -0.1) is 0 Å². The second-order valence-corrected chi connectivity index (χ2v) is 6.26. The molecule has 4 nitrogen and oxygen atoms in total. The Kier molecular flexibility index (Phi) is 5.26. The van der Waals surface area contributed by atoms with E-state index in [1.807, 2.05) is 0 Å². The van der Waals surface area contributed by atoms with E-state index in [4.69, 9.17) is 27.9 Å². The van der Waals surface area contributed by atoms with Crippen LogP contribution in [-0.2, 0) is 0 Å². The molecule has 0 radical (unpaired) electrons. The SMILES string of the molecule is O=C(O)c1ccc(Cl)cc1-c1cc(Cl)ccc1C(=O)Oc1ccccc1. The number of rotatable bonds is 4. The van der Waals surface area contributed by atoms with E-state index in [1.54, 1.807) is 30.3 Å². The summed E-state index contributed by atoms with van der Waals surface area (Å²) in [6.07, 6.45) is 0. The van der Waals surface area contributed by atoms with E-state index in [1.165, 1.54) is 36.4 Å². The number of carboxylic acids is 1. The Balaban J connectivity index is 2.12. The first kappa shape index (κ1) is 18.0. The Morgan fingerprint density at radius 2 is 1.31 bits per heavy atom. The summed E-state index contributed by atoms with van der Waals surface area (Å²) in [5.74, 6) is -1.39. The molecule has 3 aromatic carbocycles. The van der Waals surface area contributed by atoms with E-state index in [9.17, 15) is 14.7 Å². The van der Waals surface area contributed by atoms with Crippen LogP contribution in [0.15, 0.2) is 66.7 Å². The number of carbonyl (C=O) groups is 2. The van der Waals surface area contributed by atoms with E-state index in [0.29, 0.717) is 21.4 Å². The molecular formula is C20H12Cl2O4. The fourth-order valence-corrected chi connectivity index (χ4v) is 2.84. The minimum absolute atomic E-state index is 0.00503. The summed E-state index contributed by atoms with van der Waals surface area (Å²) in [5, 5.41) is 10.2. The third-order valence-corrected chi connectivity index (χ3v) is 4.13. The van der Waals surface area contributed by atoms with Crippen molar-refractivity contribution in [2.24, 2.45) is 0 Å². The number of esters is 1. The molecule has 3 aromatic rings. The third kappa shape index (κ3) is 3.87. The zero-order valence-corrected chi connectivity index (χ0v) is 14.8. The normalized spacial score (nSPS) is 10.4. The lowest BCUT2D eigenvalue weighted by Crippen LogP contribution is -2.11. The highest BCUT2D eigenvalue weighted by Crippen LogP contribution is 2.32. The number of hydrogen-bond donors (Lipinski definition) is 1. The van der Waals surface area contributed by atoms with Crippen molar-refractivity contribution in [1.29, 1.82) is 0 Å². The summed E-state index contributed by atoms with van der Waals surface area (Å²) in [5.41, 5.74) is 0.805. The minimum atomic E-state index is -1.14. The van der Waals surface area contributed by atoms with Crippen LogP contribution in [0.1, 0.15) is 20.7 Å². The highest BCUT2D eigenvalue weighted by molar-refractivity contribution is 6.32. The van der Waals surface area contributed by atoms with Crippen molar-refractivity contribution >= 4 is 35.1 Å². The molecule has 6 heteroatoms. The highest BCUT2D eigenvalue weighted by atomic mass is 35.5. The first-order chi connectivity index (χ1) is 12.5. The van der Waals surface area contributed by atoms with Gasteiger partial charge < -0.3 is 9.84 Å². The zero-order valence-electron chi connectivity index (χ0n) is 13.3. The molecule has 3 rings (SSSR count). The van der Waals surface area contributed by atoms with Gasteiger partial charge in [0.2, 0.25) is 0 Å². The fourth-order valence-electron chi connectivity index (χ4n) is 2.49. The Morgan fingerprint density at radius 3 is 1.88 bits per heavy atom. The van der Waals surface area contributed by atoms with Crippen LogP contribution in [0.5, 0.6) is 5.75 Å². The van der Waals surface area contributed by atoms with Crippen molar-refractivity contribution in [2.75, 3.05) is 0 Å². The quantitative estimate of drug-likeness (QED) is 0.469. The topological polar surface area (TPSA) is 63.6 Å². The van der Waals surface area contributed by atoms with E-state index < -0.39 is 11.9 Å². The van der Waals surface area contributed by atoms with Gasteiger partial charge in [-0.2, -0.15) is 0 Å². The zero-order chi connectivity index (χ0) is 18.7. The standard InChI is InChI=1S/C20H12Cl2O4/c21-12-6-8-15(19(23)24)17(10-12)18-11-13(22)7-9-16(18)20(25)26-14-4-2-1-3-5-14/h1-11H,(H,23,24). The second-order valence-electron chi connectivity index (χ2n) is 5.39. The van der Waals surface area contributed by atoms with Crippen molar-refractivity contribution in [3.05, 3.63) is 87.9 Å². The largest absolute Gasteiger partial charge is 0.478 e. The van der Waals surface area contributed by atoms with Gasteiger partial charge in [-0.3, -0.25) is 0 Å². The van der Waals surface area contributed by atoms with Gasteiger partial charge in [0, 0.05) is 10.0 Å². The Hall–Kier alpha value is -2.82. The summed E-state index contributed by atoms with van der Waals surface area (Å²) in [6, 6.07) is 17.5. The summed E-state index contributed by atoms with van der Waals surface area (Å²) in [6.45, 7) is 0. The van der Waals surface area contributed by atoms with Crippen molar-refractivity contribution < 1.29 is 19.4 Å². The van der Waals surface area contributed by atoms with Crippen LogP contribution in [0.3, 0.4) is 0 Å². The molecule has 0 amide bonds. The molecule has 130 valence electrons. The molecule has 1 N–H and O–H groups in total. The molecule has 0 aliphatic heterocycles. The van der Waals surface area contributed by atoms with Crippen molar-refractivity contribution in [3.8, 4) is 16.9 Å². The molecule has 0 bridgehead atoms. The van der Waals surface area contributed by atoms with Gasteiger partial charge in [-0.1, -0.05) is 41.4 Å². The number of halogens is 2. The average molecular weight is 387 g/mol. The number of hydrogen-bond acceptors (Lipinski definition) is 3. The van der Waals surface area contributed by atoms with E-state index in [0.717, 1.165) is 0 Å². The molecule has 0 heterocycles. The van der Waals surface area contributed by atoms with Crippen molar-refractivity contribution in [1.82, 2.24) is 0 Å². The molecule has 0 atom stereocenters. The monoisotopic (exact) mass is 386 g/mol. The molecule has 0 spiro atoms. The van der Waals surface area contributed by atoms with Gasteiger partial charge in [0.15, 0.2) is 0 Å². The maximum Gasteiger partial charge on any atom is 0.344 e. The maximum absolute atomic E-state index is 12.6. The van der Waals surface area contributed by atoms with Gasteiger partial charge in [0.1, 0.15) is 5.75 Å². The maximum atomic E-state index is 12.6. The predicted octanol–water partition coefficient (Wildman–Crippen LogP) is 5.58. The molecule has 0 saturated carbocycles. The molecule has 0 fully saturated rings. The summed E-state index contributed by atoms with van der Waals surface area (Å²) in [4.78, 5) is 24.2. The number of benzene rings is 3. The van der Waals surface area contributed by atoms with E-state index >= 15 is 0 Å². The molecule has 0 unspecified atom stereocenters. The first-order valence-corrected chi connectivity index (χ1v) is 8.31. The Labute approximate surface area is 159 Å². The Morgan fingerprint density at radius 1 is 0.769 bits per heavy atom. The number of para-hydroxylation sites is 1. The smallest absolute Gasteiger partial charge is 0.344 e. The lowest BCUT2D eigenvalue weighted by molar-refractivity contribution is 0.0694. The van der Waals surface area contributed by atoms with Crippen LogP contribution >= 0.6 is 23.2 Å². The lowest BCUT2D eigenvalue weighted by atomic mass is 9.95. The van der Waals surface area contributed by atoms with Crippen molar-refractivity contribution in [3.63, 3.8) is 0 Å². The highest BCUT2D eigenvalue weighted by Gasteiger charge is 2.20. The van der Waals surface area contributed by atoms with Gasteiger partial charge in [-0.05, 0) is 59.7 Å². The van der Waals surface area contributed by atoms with Crippen LogP contribution in [0.4, 0.5) is 0 Å².